The van der Waals surface area contributed by atoms with Crippen LogP contribution in [0.2, 0.25) is 0 Å². The fourth-order valence-electron chi connectivity index (χ4n) is 4.32. The summed E-state index contributed by atoms with van der Waals surface area (Å²) in [6, 6.07) is 0. The molecule has 1 unspecified atom stereocenters. The Balaban J connectivity index is 1.57. The number of sulfonamides is 1. The number of fused-ring (bicyclic) bond motifs is 2. The molecule has 9 heteroatoms. The summed E-state index contributed by atoms with van der Waals surface area (Å²) in [5.74, 6) is 0.965. The molecule has 144 valence electrons. The van der Waals surface area contributed by atoms with Gasteiger partial charge in [-0.1, -0.05) is 0 Å². The van der Waals surface area contributed by atoms with Crippen LogP contribution >= 0.6 is 0 Å². The lowest BCUT2D eigenvalue weighted by Crippen LogP contribution is -2.55. The van der Waals surface area contributed by atoms with Gasteiger partial charge in [-0.05, 0) is 32.6 Å². The molecule has 3 aliphatic rings. The van der Waals surface area contributed by atoms with Gasteiger partial charge in [-0.15, -0.1) is 0 Å². The first-order chi connectivity index (χ1) is 12.5. The number of imidazole rings is 1. The fourth-order valence-corrected chi connectivity index (χ4v) is 5.42. The number of ether oxygens (including phenoxy) is 1. The van der Waals surface area contributed by atoms with Crippen LogP contribution in [-0.2, 0) is 31.7 Å². The average molecular weight is 382 g/mol. The zero-order chi connectivity index (χ0) is 18.4. The highest BCUT2D eigenvalue weighted by molar-refractivity contribution is 7.89. The molecular weight excluding hydrogens is 356 g/mol. The number of piperidine rings is 1. The van der Waals surface area contributed by atoms with E-state index in [1.165, 1.54) is 4.31 Å². The molecule has 1 amide bonds. The zero-order valence-electron chi connectivity index (χ0n) is 15.1. The molecule has 4 heterocycles. The van der Waals surface area contributed by atoms with Crippen molar-refractivity contribution >= 4 is 15.9 Å². The van der Waals surface area contributed by atoms with Crippen molar-refractivity contribution in [2.45, 2.75) is 50.9 Å². The molecule has 0 aliphatic carbocycles. The van der Waals surface area contributed by atoms with E-state index < -0.39 is 21.7 Å². The van der Waals surface area contributed by atoms with Crippen LogP contribution in [0.15, 0.2) is 12.4 Å². The lowest BCUT2D eigenvalue weighted by Gasteiger charge is -2.45. The summed E-state index contributed by atoms with van der Waals surface area (Å²) in [6.45, 7) is 4.52. The molecule has 1 spiro atoms. The van der Waals surface area contributed by atoms with Crippen LogP contribution in [0.25, 0.3) is 0 Å². The quantitative estimate of drug-likeness (QED) is 0.762. The molecule has 0 aromatic carbocycles. The summed E-state index contributed by atoms with van der Waals surface area (Å²) >= 11 is 0. The predicted octanol–water partition coefficient (Wildman–Crippen LogP) is 0.545. The number of amides is 1. The zero-order valence-corrected chi connectivity index (χ0v) is 15.9. The molecule has 1 aromatic rings. The number of likely N-dealkylation sites (tertiary alicyclic amines) is 1. The van der Waals surface area contributed by atoms with E-state index in [0.29, 0.717) is 32.5 Å². The first kappa shape index (κ1) is 17.9. The SMILES string of the molecule is CCS(=O)(=O)N1CCC2(CC1)OC(C(=O)N1CCCC1)Cn1ccnc12. The van der Waals surface area contributed by atoms with Crippen LogP contribution in [0.3, 0.4) is 0 Å². The second-order valence-electron chi connectivity index (χ2n) is 7.34. The third-order valence-electron chi connectivity index (χ3n) is 5.83. The number of hydrogen-bond donors (Lipinski definition) is 0. The molecule has 0 saturated carbocycles. The number of carbonyl (C=O) groups is 1. The summed E-state index contributed by atoms with van der Waals surface area (Å²) in [4.78, 5) is 19.3. The van der Waals surface area contributed by atoms with Crippen molar-refractivity contribution in [1.82, 2.24) is 18.8 Å². The maximum Gasteiger partial charge on any atom is 0.253 e. The topological polar surface area (TPSA) is 84.7 Å². The highest BCUT2D eigenvalue weighted by atomic mass is 32.2. The van der Waals surface area contributed by atoms with Crippen molar-refractivity contribution in [3.05, 3.63) is 18.2 Å². The van der Waals surface area contributed by atoms with E-state index in [0.717, 1.165) is 31.8 Å². The number of hydrogen-bond acceptors (Lipinski definition) is 5. The van der Waals surface area contributed by atoms with Crippen LogP contribution in [-0.4, -0.2) is 71.1 Å². The maximum absolute atomic E-state index is 12.9. The van der Waals surface area contributed by atoms with E-state index in [4.69, 9.17) is 4.74 Å². The Hall–Kier alpha value is -1.45. The summed E-state index contributed by atoms with van der Waals surface area (Å²) in [7, 11) is -3.21. The van der Waals surface area contributed by atoms with Crippen LogP contribution in [0.5, 0.6) is 0 Å². The molecule has 1 atom stereocenters. The van der Waals surface area contributed by atoms with Gasteiger partial charge in [0, 0.05) is 38.6 Å². The fraction of sp³-hybridized carbons (Fsp3) is 0.765. The molecule has 1 aromatic heterocycles. The smallest absolute Gasteiger partial charge is 0.253 e. The number of rotatable bonds is 3. The first-order valence-electron chi connectivity index (χ1n) is 9.41. The molecule has 0 radical (unpaired) electrons. The Morgan fingerprint density at radius 2 is 1.96 bits per heavy atom. The summed E-state index contributed by atoms with van der Waals surface area (Å²) in [6.07, 6.45) is 6.23. The van der Waals surface area contributed by atoms with Gasteiger partial charge < -0.3 is 14.2 Å². The summed E-state index contributed by atoms with van der Waals surface area (Å²) in [5, 5.41) is 0. The molecule has 8 nitrogen and oxygen atoms in total. The molecule has 26 heavy (non-hydrogen) atoms. The van der Waals surface area contributed by atoms with E-state index in [1.54, 1.807) is 13.1 Å². The first-order valence-corrected chi connectivity index (χ1v) is 11.0. The van der Waals surface area contributed by atoms with E-state index in [9.17, 15) is 13.2 Å². The molecule has 3 aliphatic heterocycles. The van der Waals surface area contributed by atoms with Gasteiger partial charge in [0.25, 0.3) is 5.91 Å². The predicted molar refractivity (Wildman–Crippen MR) is 94.9 cm³/mol. The molecule has 2 saturated heterocycles. The van der Waals surface area contributed by atoms with Crippen molar-refractivity contribution in [2.75, 3.05) is 31.9 Å². The van der Waals surface area contributed by atoms with Crippen LogP contribution in [0.4, 0.5) is 0 Å². The van der Waals surface area contributed by atoms with Crippen molar-refractivity contribution in [1.29, 1.82) is 0 Å². The Labute approximate surface area is 154 Å². The van der Waals surface area contributed by atoms with Crippen molar-refractivity contribution in [2.24, 2.45) is 0 Å². The minimum absolute atomic E-state index is 0.0461. The Kier molecular flexibility index (Phi) is 4.56. The monoisotopic (exact) mass is 382 g/mol. The standard InChI is InChI=1S/C17H26N4O4S/c1-2-26(23,24)21-10-5-17(6-11-21)16-18-7-12-20(16)13-14(25-17)15(22)19-8-3-4-9-19/h7,12,14H,2-6,8-11,13H2,1H3. The summed E-state index contributed by atoms with van der Waals surface area (Å²) in [5.41, 5.74) is -0.679. The minimum Gasteiger partial charge on any atom is -0.352 e. The molecule has 0 N–H and O–H groups in total. The van der Waals surface area contributed by atoms with Gasteiger partial charge in [-0.25, -0.2) is 17.7 Å². The van der Waals surface area contributed by atoms with Crippen LogP contribution in [0, 0.1) is 0 Å². The van der Waals surface area contributed by atoms with Gasteiger partial charge >= 0.3 is 0 Å². The van der Waals surface area contributed by atoms with Crippen molar-refractivity contribution in [3.8, 4) is 0 Å². The minimum atomic E-state index is -3.21. The van der Waals surface area contributed by atoms with E-state index >= 15 is 0 Å². The van der Waals surface area contributed by atoms with E-state index in [2.05, 4.69) is 4.98 Å². The van der Waals surface area contributed by atoms with E-state index in [-0.39, 0.29) is 11.7 Å². The number of aromatic nitrogens is 2. The molecule has 2 fully saturated rings. The number of nitrogens with zero attached hydrogens (tertiary/aromatic N) is 4. The van der Waals surface area contributed by atoms with E-state index in [1.807, 2.05) is 15.7 Å². The van der Waals surface area contributed by atoms with Crippen LogP contribution in [0.1, 0.15) is 38.4 Å². The Morgan fingerprint density at radius 1 is 1.27 bits per heavy atom. The van der Waals surface area contributed by atoms with Crippen LogP contribution < -0.4 is 0 Å². The maximum atomic E-state index is 12.9. The van der Waals surface area contributed by atoms with Gasteiger partial charge in [0.1, 0.15) is 11.4 Å². The lowest BCUT2D eigenvalue weighted by molar-refractivity contribution is -0.178. The Morgan fingerprint density at radius 3 is 2.62 bits per heavy atom. The highest BCUT2D eigenvalue weighted by Gasteiger charge is 2.49. The second kappa shape index (κ2) is 6.61. The normalized spacial score (nSPS) is 26.2. The summed E-state index contributed by atoms with van der Waals surface area (Å²) < 4.78 is 34.2. The van der Waals surface area contributed by atoms with Gasteiger partial charge in [0.05, 0.1) is 12.3 Å². The number of carbonyl (C=O) groups excluding carboxylic acids is 1. The largest absolute Gasteiger partial charge is 0.352 e. The average Bonchev–Trinajstić information content (AvgIpc) is 3.33. The molecule has 0 bridgehead atoms. The second-order valence-corrected chi connectivity index (χ2v) is 9.59. The molecular formula is C17H26N4O4S. The third kappa shape index (κ3) is 2.95. The van der Waals surface area contributed by atoms with Crippen molar-refractivity contribution in [3.63, 3.8) is 0 Å². The van der Waals surface area contributed by atoms with Gasteiger partial charge in [-0.3, -0.25) is 4.79 Å². The Bertz CT molecular complexity index is 776. The third-order valence-corrected chi connectivity index (χ3v) is 7.72. The molecule has 4 rings (SSSR count). The van der Waals surface area contributed by atoms with Gasteiger partial charge in [0.2, 0.25) is 10.0 Å². The van der Waals surface area contributed by atoms with Crippen molar-refractivity contribution < 1.29 is 17.9 Å². The van der Waals surface area contributed by atoms with Gasteiger partial charge in [0.15, 0.2) is 6.10 Å². The lowest BCUT2D eigenvalue weighted by atomic mass is 9.89. The highest BCUT2D eigenvalue weighted by Crippen LogP contribution is 2.41. The van der Waals surface area contributed by atoms with Gasteiger partial charge in [-0.2, -0.15) is 0 Å².